The quantitative estimate of drug-likeness (QED) is 0.816. The summed E-state index contributed by atoms with van der Waals surface area (Å²) in [6.45, 7) is 0.463. The Hall–Kier alpha value is -1.27. The second kappa shape index (κ2) is 5.58. The molecule has 0 aliphatic heterocycles. The Kier molecular flexibility index (Phi) is 4.59. The Labute approximate surface area is 103 Å². The minimum absolute atomic E-state index is 0.0905. The Bertz CT molecular complexity index is 330. The van der Waals surface area contributed by atoms with E-state index in [-0.39, 0.29) is 5.92 Å². The second-order valence-electron chi connectivity index (χ2n) is 4.63. The molecule has 2 N–H and O–H groups in total. The highest BCUT2D eigenvalue weighted by Gasteiger charge is 2.42. The molecule has 0 bridgehead atoms. The lowest BCUT2D eigenvalue weighted by Crippen LogP contribution is -2.40. The lowest BCUT2D eigenvalue weighted by atomic mass is 9.95. The van der Waals surface area contributed by atoms with E-state index in [1.54, 1.807) is 5.32 Å². The first-order valence-electron chi connectivity index (χ1n) is 5.81. The number of carboxylic acid groups (broad SMARTS) is 1. The van der Waals surface area contributed by atoms with Crippen LogP contribution in [0.5, 0.6) is 0 Å². The van der Waals surface area contributed by atoms with Crippen LogP contribution in [0, 0.1) is 17.8 Å². The summed E-state index contributed by atoms with van der Waals surface area (Å²) in [5, 5.41) is 10.7. The first-order chi connectivity index (χ1) is 8.24. The van der Waals surface area contributed by atoms with Crippen LogP contribution in [-0.4, -0.2) is 29.7 Å². The summed E-state index contributed by atoms with van der Waals surface area (Å²) in [5.74, 6) is -3.56. The zero-order chi connectivity index (χ0) is 13.9. The minimum Gasteiger partial charge on any atom is -0.481 e. The van der Waals surface area contributed by atoms with E-state index in [0.717, 1.165) is 6.42 Å². The predicted molar refractivity (Wildman–Crippen MR) is 56.7 cm³/mol. The number of carboxylic acids is 1. The lowest BCUT2D eigenvalue weighted by Gasteiger charge is -2.16. The van der Waals surface area contributed by atoms with Crippen LogP contribution in [0.15, 0.2) is 0 Å². The van der Waals surface area contributed by atoms with E-state index in [9.17, 15) is 22.8 Å². The van der Waals surface area contributed by atoms with Crippen molar-refractivity contribution in [1.82, 2.24) is 5.32 Å². The SMILES string of the molecule is CCC1C[C@H](C(=O)NCC(F)(F)F)[C@H](C(=O)O)C1. The van der Waals surface area contributed by atoms with Crippen LogP contribution in [0.25, 0.3) is 0 Å². The summed E-state index contributed by atoms with van der Waals surface area (Å²) >= 11 is 0. The van der Waals surface area contributed by atoms with Crippen molar-refractivity contribution in [3.63, 3.8) is 0 Å². The molecule has 1 fully saturated rings. The van der Waals surface area contributed by atoms with Crippen LogP contribution in [0.3, 0.4) is 0 Å². The molecule has 0 aromatic heterocycles. The van der Waals surface area contributed by atoms with Crippen molar-refractivity contribution < 1.29 is 27.9 Å². The number of halogens is 3. The van der Waals surface area contributed by atoms with Gasteiger partial charge in [0.25, 0.3) is 0 Å². The Morgan fingerprint density at radius 2 is 1.83 bits per heavy atom. The molecule has 0 saturated heterocycles. The molecule has 0 radical (unpaired) electrons. The standard InChI is InChI=1S/C11H16F3NO3/c1-2-6-3-7(8(4-6)10(17)18)9(16)15-5-11(12,13)14/h6-8H,2-5H2,1H3,(H,15,16)(H,17,18)/t6?,7-,8+/m0/s1. The van der Waals surface area contributed by atoms with Crippen LogP contribution < -0.4 is 5.32 Å². The zero-order valence-corrected chi connectivity index (χ0v) is 9.96. The summed E-state index contributed by atoms with van der Waals surface area (Å²) in [6.07, 6.45) is -3.04. The maximum atomic E-state index is 12.0. The number of carbonyl (C=O) groups excluding carboxylic acids is 1. The number of alkyl halides is 3. The fourth-order valence-electron chi connectivity index (χ4n) is 2.36. The van der Waals surface area contributed by atoms with E-state index in [0.29, 0.717) is 12.8 Å². The highest BCUT2D eigenvalue weighted by molar-refractivity contribution is 5.85. The van der Waals surface area contributed by atoms with E-state index in [4.69, 9.17) is 5.11 Å². The number of amides is 1. The number of hydrogen-bond acceptors (Lipinski definition) is 2. The maximum absolute atomic E-state index is 12.0. The molecule has 0 spiro atoms. The van der Waals surface area contributed by atoms with Crippen LogP contribution in [0.2, 0.25) is 0 Å². The molecule has 1 saturated carbocycles. The molecule has 1 rings (SSSR count). The number of nitrogens with one attached hydrogen (secondary N) is 1. The molecule has 3 atom stereocenters. The molecule has 4 nitrogen and oxygen atoms in total. The van der Waals surface area contributed by atoms with Crippen molar-refractivity contribution in [2.45, 2.75) is 32.4 Å². The maximum Gasteiger partial charge on any atom is 0.405 e. The van der Waals surface area contributed by atoms with Gasteiger partial charge < -0.3 is 10.4 Å². The van der Waals surface area contributed by atoms with Crippen molar-refractivity contribution in [1.29, 1.82) is 0 Å². The third-order valence-electron chi connectivity index (χ3n) is 3.35. The van der Waals surface area contributed by atoms with E-state index < -0.39 is 36.4 Å². The summed E-state index contributed by atoms with van der Waals surface area (Å²) in [7, 11) is 0. The molecule has 7 heteroatoms. The molecular formula is C11H16F3NO3. The molecule has 0 aromatic rings. The van der Waals surface area contributed by atoms with E-state index in [1.807, 2.05) is 6.92 Å². The molecule has 1 aliphatic rings. The highest BCUT2D eigenvalue weighted by Crippen LogP contribution is 2.38. The first kappa shape index (κ1) is 14.8. The molecule has 0 aromatic carbocycles. The van der Waals surface area contributed by atoms with Crippen LogP contribution in [-0.2, 0) is 9.59 Å². The third-order valence-corrected chi connectivity index (χ3v) is 3.35. The smallest absolute Gasteiger partial charge is 0.405 e. The van der Waals surface area contributed by atoms with Gasteiger partial charge in [-0.25, -0.2) is 0 Å². The van der Waals surface area contributed by atoms with Gasteiger partial charge >= 0.3 is 12.1 Å². The second-order valence-corrected chi connectivity index (χ2v) is 4.63. The van der Waals surface area contributed by atoms with Crippen LogP contribution in [0.1, 0.15) is 26.2 Å². The molecule has 18 heavy (non-hydrogen) atoms. The predicted octanol–water partition coefficient (Wildman–Crippen LogP) is 1.80. The average molecular weight is 267 g/mol. The van der Waals surface area contributed by atoms with Crippen molar-refractivity contribution >= 4 is 11.9 Å². The summed E-state index contributed by atoms with van der Waals surface area (Å²) in [6, 6.07) is 0. The molecule has 104 valence electrons. The topological polar surface area (TPSA) is 66.4 Å². The Morgan fingerprint density at radius 1 is 1.28 bits per heavy atom. The molecule has 1 aliphatic carbocycles. The Morgan fingerprint density at radius 3 is 2.28 bits per heavy atom. The normalized spacial score (nSPS) is 28.1. The van der Waals surface area contributed by atoms with Crippen molar-refractivity contribution in [3.8, 4) is 0 Å². The van der Waals surface area contributed by atoms with Crippen LogP contribution in [0.4, 0.5) is 13.2 Å². The molecular weight excluding hydrogens is 251 g/mol. The number of carbonyl (C=O) groups is 2. The van der Waals surface area contributed by atoms with E-state index >= 15 is 0 Å². The Balaban J connectivity index is 2.62. The van der Waals surface area contributed by atoms with Gasteiger partial charge in [-0.3, -0.25) is 9.59 Å². The summed E-state index contributed by atoms with van der Waals surface area (Å²) in [4.78, 5) is 22.6. The van der Waals surface area contributed by atoms with Gasteiger partial charge in [-0.15, -0.1) is 0 Å². The monoisotopic (exact) mass is 267 g/mol. The average Bonchev–Trinajstić information content (AvgIpc) is 2.69. The summed E-state index contributed by atoms with van der Waals surface area (Å²) in [5.41, 5.74) is 0. The van der Waals surface area contributed by atoms with E-state index in [2.05, 4.69) is 0 Å². The number of aliphatic carboxylic acids is 1. The van der Waals surface area contributed by atoms with Gasteiger partial charge in [0.2, 0.25) is 5.91 Å². The van der Waals surface area contributed by atoms with Crippen molar-refractivity contribution in [2.24, 2.45) is 17.8 Å². The largest absolute Gasteiger partial charge is 0.481 e. The summed E-state index contributed by atoms with van der Waals surface area (Å²) < 4.78 is 35.9. The van der Waals surface area contributed by atoms with Crippen molar-refractivity contribution in [2.75, 3.05) is 6.54 Å². The van der Waals surface area contributed by atoms with Crippen molar-refractivity contribution in [3.05, 3.63) is 0 Å². The van der Waals surface area contributed by atoms with Gasteiger partial charge in [-0.05, 0) is 18.8 Å². The molecule has 1 unspecified atom stereocenters. The lowest BCUT2D eigenvalue weighted by molar-refractivity contribution is -0.148. The molecule has 1 amide bonds. The van der Waals surface area contributed by atoms with Gasteiger partial charge in [0.15, 0.2) is 0 Å². The highest BCUT2D eigenvalue weighted by atomic mass is 19.4. The van der Waals surface area contributed by atoms with Gasteiger partial charge in [-0.2, -0.15) is 13.2 Å². The van der Waals surface area contributed by atoms with Gasteiger partial charge in [0.1, 0.15) is 6.54 Å². The third kappa shape index (κ3) is 3.89. The molecule has 0 heterocycles. The zero-order valence-electron chi connectivity index (χ0n) is 9.96. The number of hydrogen-bond donors (Lipinski definition) is 2. The van der Waals surface area contributed by atoms with Gasteiger partial charge in [0.05, 0.1) is 11.8 Å². The van der Waals surface area contributed by atoms with Gasteiger partial charge in [-0.1, -0.05) is 13.3 Å². The van der Waals surface area contributed by atoms with Crippen LogP contribution >= 0.6 is 0 Å². The fraction of sp³-hybridized carbons (Fsp3) is 0.818. The fourth-order valence-corrected chi connectivity index (χ4v) is 2.36. The van der Waals surface area contributed by atoms with Gasteiger partial charge in [0, 0.05) is 0 Å². The van der Waals surface area contributed by atoms with E-state index in [1.165, 1.54) is 0 Å². The first-order valence-corrected chi connectivity index (χ1v) is 5.81. The minimum atomic E-state index is -4.48. The number of rotatable bonds is 4.